The summed E-state index contributed by atoms with van der Waals surface area (Å²) in [6.07, 6.45) is 6.30. The summed E-state index contributed by atoms with van der Waals surface area (Å²) in [5, 5.41) is -0.854. The van der Waals surface area contributed by atoms with Crippen molar-refractivity contribution in [3.63, 3.8) is 0 Å². The van der Waals surface area contributed by atoms with Gasteiger partial charge in [0.1, 0.15) is 5.76 Å². The van der Waals surface area contributed by atoms with Crippen LogP contribution in [-0.4, -0.2) is 39.0 Å². The Morgan fingerprint density at radius 3 is 2.82 bits per heavy atom. The van der Waals surface area contributed by atoms with Crippen molar-refractivity contribution >= 4 is 10.1 Å². The van der Waals surface area contributed by atoms with Crippen LogP contribution in [0, 0.1) is 0 Å². The topological polar surface area (TPSA) is 55.8 Å². The highest BCUT2D eigenvalue weighted by Gasteiger charge is 2.30. The normalized spacial score (nSPS) is 20.0. The molecule has 0 fully saturated rings. The van der Waals surface area contributed by atoms with Crippen molar-refractivity contribution in [2.45, 2.75) is 12.3 Å². The van der Waals surface area contributed by atoms with Gasteiger partial charge in [-0.1, -0.05) is 6.08 Å². The van der Waals surface area contributed by atoms with Gasteiger partial charge in [0.2, 0.25) is 0 Å². The Morgan fingerprint density at radius 2 is 2.29 bits per heavy atom. The fourth-order valence-corrected chi connectivity index (χ4v) is 2.71. The van der Waals surface area contributed by atoms with E-state index in [9.17, 15) is 8.42 Å². The predicted molar refractivity (Wildman–Crippen MR) is 65.5 cm³/mol. The van der Waals surface area contributed by atoms with Gasteiger partial charge in [-0.2, -0.15) is 8.42 Å². The lowest BCUT2D eigenvalue weighted by atomic mass is 10.3. The molecule has 1 rings (SSSR count). The standard InChI is InChI=1S/C11H17NO4S/c1-4-8-16-17(13,14)11-9-10(15-3)6-7-12(11)5-2/h4,6-7,9,11H,1,5,8H2,2-3H3. The van der Waals surface area contributed by atoms with Crippen molar-refractivity contribution < 1.29 is 17.3 Å². The van der Waals surface area contributed by atoms with E-state index < -0.39 is 15.5 Å². The van der Waals surface area contributed by atoms with Gasteiger partial charge in [0.25, 0.3) is 10.1 Å². The first-order valence-corrected chi connectivity index (χ1v) is 6.71. The van der Waals surface area contributed by atoms with Crippen LogP contribution in [0.15, 0.2) is 36.8 Å². The number of allylic oxidation sites excluding steroid dienone is 1. The minimum absolute atomic E-state index is 0.0315. The average molecular weight is 259 g/mol. The maximum Gasteiger partial charge on any atom is 0.293 e. The maximum atomic E-state index is 11.9. The van der Waals surface area contributed by atoms with Crippen LogP contribution in [0.2, 0.25) is 0 Å². The van der Waals surface area contributed by atoms with Crippen LogP contribution in [0.4, 0.5) is 0 Å². The van der Waals surface area contributed by atoms with Crippen LogP contribution in [0.25, 0.3) is 0 Å². The summed E-state index contributed by atoms with van der Waals surface area (Å²) in [7, 11) is -2.21. The van der Waals surface area contributed by atoms with Crippen LogP contribution in [-0.2, 0) is 19.0 Å². The van der Waals surface area contributed by atoms with E-state index in [4.69, 9.17) is 8.92 Å². The summed E-state index contributed by atoms with van der Waals surface area (Å²) < 4.78 is 33.7. The Hall–Kier alpha value is -1.27. The molecule has 0 amide bonds. The molecule has 17 heavy (non-hydrogen) atoms. The molecule has 0 aromatic rings. The van der Waals surface area contributed by atoms with Gasteiger partial charge in [0.15, 0.2) is 5.37 Å². The van der Waals surface area contributed by atoms with Crippen molar-refractivity contribution in [2.24, 2.45) is 0 Å². The molecule has 1 unspecified atom stereocenters. The number of nitrogens with zero attached hydrogens (tertiary/aromatic N) is 1. The van der Waals surface area contributed by atoms with Crippen LogP contribution < -0.4 is 0 Å². The van der Waals surface area contributed by atoms with E-state index in [2.05, 4.69) is 6.58 Å². The van der Waals surface area contributed by atoms with Gasteiger partial charge in [-0.05, 0) is 19.1 Å². The number of hydrogen-bond donors (Lipinski definition) is 0. The molecule has 0 radical (unpaired) electrons. The maximum absolute atomic E-state index is 11.9. The van der Waals surface area contributed by atoms with Gasteiger partial charge in [-0.15, -0.1) is 6.58 Å². The Labute approximate surface area is 102 Å². The second-order valence-corrected chi connectivity index (χ2v) is 5.08. The van der Waals surface area contributed by atoms with Gasteiger partial charge in [0.05, 0.1) is 13.7 Å². The molecule has 0 aromatic carbocycles. The molecular weight excluding hydrogens is 242 g/mol. The summed E-state index contributed by atoms with van der Waals surface area (Å²) in [5.41, 5.74) is 0. The number of rotatable bonds is 6. The zero-order chi connectivity index (χ0) is 12.9. The van der Waals surface area contributed by atoms with Crippen molar-refractivity contribution in [1.82, 2.24) is 4.90 Å². The van der Waals surface area contributed by atoms with E-state index in [0.717, 1.165) is 0 Å². The third-order valence-electron chi connectivity index (χ3n) is 2.31. The SMILES string of the molecule is C=CCOS(=O)(=O)C1C=C(OC)C=CN1CC. The van der Waals surface area contributed by atoms with Crippen molar-refractivity contribution in [1.29, 1.82) is 0 Å². The van der Waals surface area contributed by atoms with E-state index in [0.29, 0.717) is 12.3 Å². The Bertz CT molecular complexity index is 425. The minimum atomic E-state index is -3.70. The first-order valence-electron chi connectivity index (χ1n) is 5.24. The zero-order valence-corrected chi connectivity index (χ0v) is 10.8. The largest absolute Gasteiger partial charge is 0.497 e. The highest BCUT2D eigenvalue weighted by Crippen LogP contribution is 2.19. The molecular formula is C11H17NO4S. The Kier molecular flexibility index (Phi) is 4.77. The number of hydrogen-bond acceptors (Lipinski definition) is 5. The number of ether oxygens (including phenoxy) is 1. The van der Waals surface area contributed by atoms with Crippen LogP contribution in [0.1, 0.15) is 6.92 Å². The molecule has 0 spiro atoms. The second-order valence-electron chi connectivity index (χ2n) is 3.38. The Balaban J connectivity index is 2.95. The summed E-state index contributed by atoms with van der Waals surface area (Å²) in [4.78, 5) is 1.65. The lowest BCUT2D eigenvalue weighted by Crippen LogP contribution is -2.39. The van der Waals surface area contributed by atoms with E-state index >= 15 is 0 Å². The third-order valence-corrected chi connectivity index (χ3v) is 3.77. The lowest BCUT2D eigenvalue weighted by molar-refractivity contribution is 0.277. The van der Waals surface area contributed by atoms with Crippen LogP contribution in [0.5, 0.6) is 0 Å². The van der Waals surface area contributed by atoms with Crippen LogP contribution >= 0.6 is 0 Å². The van der Waals surface area contributed by atoms with Gasteiger partial charge in [-0.25, -0.2) is 0 Å². The second kappa shape index (κ2) is 5.88. The summed E-state index contributed by atoms with van der Waals surface area (Å²) >= 11 is 0. The van der Waals surface area contributed by atoms with Crippen molar-refractivity contribution in [2.75, 3.05) is 20.3 Å². The molecule has 0 bridgehead atoms. The molecule has 0 saturated heterocycles. The molecule has 1 heterocycles. The molecule has 0 aliphatic carbocycles. The predicted octanol–water partition coefficient (Wildman–Crippen LogP) is 1.22. The van der Waals surface area contributed by atoms with E-state index in [1.54, 1.807) is 17.2 Å². The monoisotopic (exact) mass is 259 g/mol. The molecule has 0 N–H and O–H groups in total. The molecule has 96 valence electrons. The lowest BCUT2D eigenvalue weighted by Gasteiger charge is -2.29. The highest BCUT2D eigenvalue weighted by molar-refractivity contribution is 7.87. The van der Waals surface area contributed by atoms with Crippen molar-refractivity contribution in [3.8, 4) is 0 Å². The summed E-state index contributed by atoms with van der Waals surface area (Å²) in [5.74, 6) is 0.505. The van der Waals surface area contributed by atoms with Gasteiger partial charge < -0.3 is 9.64 Å². The van der Waals surface area contributed by atoms with Crippen LogP contribution in [0.3, 0.4) is 0 Å². The molecule has 1 atom stereocenters. The van der Waals surface area contributed by atoms with Gasteiger partial charge in [-0.3, -0.25) is 4.18 Å². The number of likely N-dealkylation sites (N-methyl/N-ethyl adjacent to an activating group) is 1. The van der Waals surface area contributed by atoms with E-state index in [1.807, 2.05) is 6.92 Å². The zero-order valence-electron chi connectivity index (χ0n) is 10.00. The van der Waals surface area contributed by atoms with Crippen molar-refractivity contribution in [3.05, 3.63) is 36.8 Å². The van der Waals surface area contributed by atoms with E-state index in [-0.39, 0.29) is 6.61 Å². The fraction of sp³-hybridized carbons (Fsp3) is 0.455. The summed E-state index contributed by atoms with van der Waals surface area (Å²) in [6.45, 7) is 5.82. The summed E-state index contributed by atoms with van der Waals surface area (Å²) in [6, 6.07) is 0. The molecule has 1 aliphatic heterocycles. The van der Waals surface area contributed by atoms with Gasteiger partial charge in [0, 0.05) is 12.7 Å². The first kappa shape index (κ1) is 13.8. The number of methoxy groups -OCH3 is 1. The first-order chi connectivity index (χ1) is 8.05. The Morgan fingerprint density at radius 1 is 1.59 bits per heavy atom. The molecule has 1 aliphatic rings. The molecule has 5 nitrogen and oxygen atoms in total. The van der Waals surface area contributed by atoms with E-state index in [1.165, 1.54) is 19.3 Å². The fourth-order valence-electron chi connectivity index (χ4n) is 1.43. The quantitative estimate of drug-likeness (QED) is 0.530. The van der Waals surface area contributed by atoms with Gasteiger partial charge >= 0.3 is 0 Å². The minimum Gasteiger partial charge on any atom is -0.497 e. The average Bonchev–Trinajstić information content (AvgIpc) is 2.35. The molecule has 0 aromatic heterocycles. The molecule has 0 saturated carbocycles. The smallest absolute Gasteiger partial charge is 0.293 e. The highest BCUT2D eigenvalue weighted by atomic mass is 32.2. The third kappa shape index (κ3) is 3.34. The molecule has 6 heteroatoms.